The molecule has 1 aliphatic heterocycles. The number of para-hydroxylation sites is 1. The number of hydrogen-bond acceptors (Lipinski definition) is 5. The van der Waals surface area contributed by atoms with Gasteiger partial charge < -0.3 is 4.74 Å². The van der Waals surface area contributed by atoms with Crippen LogP contribution in [-0.2, 0) is 17.9 Å². The monoisotopic (exact) mass is 577 g/mol. The Bertz CT molecular complexity index is 1750. The first-order valence-electron chi connectivity index (χ1n) is 13.0. The van der Waals surface area contributed by atoms with Crippen LogP contribution in [0.2, 0.25) is 0 Å². The highest BCUT2D eigenvalue weighted by atomic mass is 32.2. The van der Waals surface area contributed by atoms with Gasteiger partial charge in [0, 0.05) is 22.9 Å². The molecular weight excluding hydrogens is 554 g/mol. The molecule has 8 heteroatoms. The van der Waals surface area contributed by atoms with Gasteiger partial charge in [0.05, 0.1) is 17.1 Å². The first kappa shape index (κ1) is 26.7. The van der Waals surface area contributed by atoms with E-state index < -0.39 is 0 Å². The number of carbonyl (C=O) groups is 1. The van der Waals surface area contributed by atoms with Crippen molar-refractivity contribution < 1.29 is 13.9 Å². The summed E-state index contributed by atoms with van der Waals surface area (Å²) in [7, 11) is 0. The van der Waals surface area contributed by atoms with Gasteiger partial charge in [-0.2, -0.15) is 5.10 Å². The summed E-state index contributed by atoms with van der Waals surface area (Å²) in [5.41, 5.74) is 4.62. The van der Waals surface area contributed by atoms with Gasteiger partial charge in [-0.25, -0.2) is 9.07 Å². The number of carbonyl (C=O) groups excluding carboxylic acids is 1. The van der Waals surface area contributed by atoms with Crippen molar-refractivity contribution in [2.75, 3.05) is 0 Å². The number of thioether (sulfide) groups is 1. The molecule has 0 radical (unpaired) electrons. The van der Waals surface area contributed by atoms with Crippen molar-refractivity contribution in [3.05, 3.63) is 143 Å². The maximum atomic E-state index is 14.1. The van der Waals surface area contributed by atoms with Crippen LogP contribution in [0.4, 0.5) is 4.39 Å². The topological polar surface area (TPSA) is 47.4 Å². The van der Waals surface area contributed by atoms with Crippen LogP contribution in [0.1, 0.15) is 16.7 Å². The van der Waals surface area contributed by atoms with Crippen LogP contribution in [0.25, 0.3) is 23.0 Å². The van der Waals surface area contributed by atoms with Crippen LogP contribution in [-0.4, -0.2) is 24.9 Å². The standard InChI is InChI=1S/C33H24FN3O2S2/c34-29-17-8-7-12-25(29)22-39-28-16-9-13-24(18-28)31-26(21-37(35-31)27-14-5-2-6-15-27)19-30-32(38)36(33(40)41-30)20-23-10-3-1-4-11-23/h1-19,21H,20,22H2/b30-19+. The highest BCUT2D eigenvalue weighted by Crippen LogP contribution is 2.36. The number of halogens is 1. The van der Waals surface area contributed by atoms with E-state index in [0.717, 1.165) is 22.4 Å². The minimum absolute atomic E-state index is 0.103. The second-order valence-electron chi connectivity index (χ2n) is 9.37. The van der Waals surface area contributed by atoms with Crippen molar-refractivity contribution in [1.29, 1.82) is 0 Å². The fourth-order valence-electron chi connectivity index (χ4n) is 4.48. The van der Waals surface area contributed by atoms with Gasteiger partial charge in [0.2, 0.25) is 0 Å². The zero-order valence-electron chi connectivity index (χ0n) is 21.8. The molecule has 41 heavy (non-hydrogen) atoms. The number of amides is 1. The van der Waals surface area contributed by atoms with Crippen LogP contribution in [0.3, 0.4) is 0 Å². The fraction of sp³-hybridized carbons (Fsp3) is 0.0606. The predicted octanol–water partition coefficient (Wildman–Crippen LogP) is 7.66. The molecule has 5 nitrogen and oxygen atoms in total. The molecule has 5 aromatic rings. The molecule has 0 unspecified atom stereocenters. The number of thiocarbonyl (C=S) groups is 1. The Hall–Kier alpha value is -4.53. The highest BCUT2D eigenvalue weighted by molar-refractivity contribution is 8.26. The Morgan fingerprint density at radius 2 is 1.63 bits per heavy atom. The van der Waals surface area contributed by atoms with Gasteiger partial charge in [0.15, 0.2) is 0 Å². The van der Waals surface area contributed by atoms with Crippen LogP contribution in [0, 0.1) is 5.82 Å². The molecule has 2 heterocycles. The largest absolute Gasteiger partial charge is 0.489 e. The van der Waals surface area contributed by atoms with E-state index in [1.165, 1.54) is 17.8 Å². The molecular formula is C33H24FN3O2S2. The lowest BCUT2D eigenvalue weighted by Crippen LogP contribution is -2.27. The van der Waals surface area contributed by atoms with Crippen LogP contribution >= 0.6 is 24.0 Å². The smallest absolute Gasteiger partial charge is 0.266 e. The van der Waals surface area contributed by atoms with E-state index in [2.05, 4.69) is 0 Å². The van der Waals surface area contributed by atoms with E-state index in [1.54, 1.807) is 27.8 Å². The summed E-state index contributed by atoms with van der Waals surface area (Å²) < 4.78 is 22.4. The minimum atomic E-state index is -0.308. The molecule has 1 fully saturated rings. The molecule has 6 rings (SSSR count). The second kappa shape index (κ2) is 11.9. The Balaban J connectivity index is 1.33. The van der Waals surface area contributed by atoms with Gasteiger partial charge in [-0.1, -0.05) is 103 Å². The number of nitrogens with zero attached hydrogens (tertiary/aromatic N) is 3. The van der Waals surface area contributed by atoms with Crippen LogP contribution < -0.4 is 4.74 Å². The van der Waals surface area contributed by atoms with E-state index in [1.807, 2.05) is 97.2 Å². The molecule has 0 saturated carbocycles. The Morgan fingerprint density at radius 3 is 2.41 bits per heavy atom. The van der Waals surface area contributed by atoms with Gasteiger partial charge in [0.25, 0.3) is 5.91 Å². The third-order valence-corrected chi connectivity index (χ3v) is 7.94. The van der Waals surface area contributed by atoms with Crippen molar-refractivity contribution >= 4 is 40.3 Å². The number of hydrogen-bond donors (Lipinski definition) is 0. The molecule has 0 spiro atoms. The average Bonchev–Trinajstić information content (AvgIpc) is 3.54. The number of aromatic nitrogens is 2. The fourth-order valence-corrected chi connectivity index (χ4v) is 5.73. The predicted molar refractivity (Wildman–Crippen MR) is 165 cm³/mol. The zero-order valence-corrected chi connectivity index (χ0v) is 23.4. The molecule has 1 amide bonds. The number of benzene rings is 4. The van der Waals surface area contributed by atoms with E-state index in [9.17, 15) is 9.18 Å². The van der Waals surface area contributed by atoms with Crippen molar-refractivity contribution in [3.63, 3.8) is 0 Å². The van der Waals surface area contributed by atoms with Gasteiger partial charge in [-0.05, 0) is 42.0 Å². The van der Waals surface area contributed by atoms with E-state index >= 15 is 0 Å². The third-order valence-electron chi connectivity index (χ3n) is 6.57. The summed E-state index contributed by atoms with van der Waals surface area (Å²) in [5.74, 6) is 0.140. The van der Waals surface area contributed by atoms with Crippen molar-refractivity contribution in [1.82, 2.24) is 14.7 Å². The highest BCUT2D eigenvalue weighted by Gasteiger charge is 2.32. The van der Waals surface area contributed by atoms with E-state index in [-0.39, 0.29) is 18.3 Å². The molecule has 1 aromatic heterocycles. The minimum Gasteiger partial charge on any atom is -0.489 e. The van der Waals surface area contributed by atoms with Crippen LogP contribution in [0.15, 0.2) is 120 Å². The van der Waals surface area contributed by atoms with Gasteiger partial charge in [0.1, 0.15) is 28.2 Å². The molecule has 0 bridgehead atoms. The second-order valence-corrected chi connectivity index (χ2v) is 11.1. The quantitative estimate of drug-likeness (QED) is 0.140. The van der Waals surface area contributed by atoms with Gasteiger partial charge in [-0.3, -0.25) is 9.69 Å². The van der Waals surface area contributed by atoms with Gasteiger partial charge >= 0.3 is 0 Å². The summed E-state index contributed by atoms with van der Waals surface area (Å²) in [6.07, 6.45) is 3.75. The third kappa shape index (κ3) is 5.99. The molecule has 4 aromatic carbocycles. The number of rotatable bonds is 8. The molecule has 1 saturated heterocycles. The lowest BCUT2D eigenvalue weighted by Gasteiger charge is -2.14. The van der Waals surface area contributed by atoms with Crippen LogP contribution in [0.5, 0.6) is 5.75 Å². The first-order chi connectivity index (χ1) is 20.0. The SMILES string of the molecule is O=C1/C(=C\c2cn(-c3ccccc3)nc2-c2cccc(OCc3ccccc3F)c2)SC(=S)N1Cc1ccccc1. The van der Waals surface area contributed by atoms with Crippen molar-refractivity contribution in [2.45, 2.75) is 13.2 Å². The molecule has 1 aliphatic rings. The first-order valence-corrected chi connectivity index (χ1v) is 14.2. The molecule has 0 N–H and O–H groups in total. The lowest BCUT2D eigenvalue weighted by molar-refractivity contribution is -0.122. The van der Waals surface area contributed by atoms with Crippen molar-refractivity contribution in [3.8, 4) is 22.7 Å². The summed E-state index contributed by atoms with van der Waals surface area (Å²) >= 11 is 6.86. The normalized spacial score (nSPS) is 14.2. The molecule has 0 atom stereocenters. The van der Waals surface area contributed by atoms with E-state index in [0.29, 0.717) is 32.8 Å². The lowest BCUT2D eigenvalue weighted by atomic mass is 10.1. The Labute approximate surface area is 246 Å². The van der Waals surface area contributed by atoms with Gasteiger partial charge in [-0.15, -0.1) is 0 Å². The Kier molecular flexibility index (Phi) is 7.75. The summed E-state index contributed by atoms with van der Waals surface area (Å²) in [6, 6.07) is 33.6. The summed E-state index contributed by atoms with van der Waals surface area (Å²) in [6.45, 7) is 0.520. The Morgan fingerprint density at radius 1 is 0.902 bits per heavy atom. The maximum absolute atomic E-state index is 14.1. The van der Waals surface area contributed by atoms with E-state index in [4.69, 9.17) is 22.1 Å². The zero-order chi connectivity index (χ0) is 28.2. The number of ether oxygens (including phenoxy) is 1. The molecule has 0 aliphatic carbocycles. The van der Waals surface area contributed by atoms with Crippen molar-refractivity contribution in [2.24, 2.45) is 0 Å². The molecule has 202 valence electrons. The maximum Gasteiger partial charge on any atom is 0.266 e. The summed E-state index contributed by atoms with van der Waals surface area (Å²) in [4.78, 5) is 15.6. The average molecular weight is 578 g/mol. The summed E-state index contributed by atoms with van der Waals surface area (Å²) in [5, 5.41) is 4.89.